The standard InChI is InChI=1S/C10H21NO2S/c1-6-8(2)7-9(11)10(3,4)14(5,12)13/h9H,2,6-7,11H2,1,3-5H3. The van der Waals surface area contributed by atoms with E-state index in [0.29, 0.717) is 6.42 Å². The molecular formula is C10H21NO2S. The lowest BCUT2D eigenvalue weighted by Crippen LogP contribution is -2.48. The number of rotatable bonds is 5. The highest BCUT2D eigenvalue weighted by Gasteiger charge is 2.36. The molecule has 0 bridgehead atoms. The van der Waals surface area contributed by atoms with E-state index in [1.165, 1.54) is 6.26 Å². The van der Waals surface area contributed by atoms with Gasteiger partial charge in [0.1, 0.15) is 0 Å². The van der Waals surface area contributed by atoms with E-state index < -0.39 is 14.6 Å². The van der Waals surface area contributed by atoms with Crippen molar-refractivity contribution in [1.82, 2.24) is 0 Å². The first-order valence-electron chi connectivity index (χ1n) is 4.74. The van der Waals surface area contributed by atoms with E-state index in [2.05, 4.69) is 6.58 Å². The van der Waals surface area contributed by atoms with Crippen molar-refractivity contribution in [2.24, 2.45) is 5.73 Å². The van der Waals surface area contributed by atoms with E-state index in [1.807, 2.05) is 6.92 Å². The minimum absolute atomic E-state index is 0.384. The van der Waals surface area contributed by atoms with Crippen molar-refractivity contribution in [2.75, 3.05) is 6.26 Å². The maximum absolute atomic E-state index is 11.5. The molecule has 0 aliphatic carbocycles. The molecule has 1 unspecified atom stereocenters. The molecule has 0 aliphatic heterocycles. The molecule has 0 saturated carbocycles. The van der Waals surface area contributed by atoms with Gasteiger partial charge in [0, 0.05) is 12.3 Å². The summed E-state index contributed by atoms with van der Waals surface area (Å²) in [4.78, 5) is 0. The minimum Gasteiger partial charge on any atom is -0.326 e. The highest BCUT2D eigenvalue weighted by Crippen LogP contribution is 2.23. The zero-order valence-corrected chi connectivity index (χ0v) is 10.3. The highest BCUT2D eigenvalue weighted by molar-refractivity contribution is 7.92. The van der Waals surface area contributed by atoms with Crippen molar-refractivity contribution in [3.05, 3.63) is 12.2 Å². The van der Waals surface area contributed by atoms with E-state index in [9.17, 15) is 8.42 Å². The third-order valence-corrected chi connectivity index (χ3v) is 5.07. The van der Waals surface area contributed by atoms with E-state index >= 15 is 0 Å². The van der Waals surface area contributed by atoms with Crippen molar-refractivity contribution in [3.8, 4) is 0 Å². The second kappa shape index (κ2) is 4.45. The van der Waals surface area contributed by atoms with Crippen molar-refractivity contribution in [3.63, 3.8) is 0 Å². The van der Waals surface area contributed by atoms with Crippen LogP contribution in [-0.4, -0.2) is 25.5 Å². The Morgan fingerprint density at radius 1 is 1.50 bits per heavy atom. The van der Waals surface area contributed by atoms with E-state index in [-0.39, 0.29) is 6.04 Å². The summed E-state index contributed by atoms with van der Waals surface area (Å²) in [6.07, 6.45) is 2.63. The largest absolute Gasteiger partial charge is 0.326 e. The van der Waals surface area contributed by atoms with E-state index in [4.69, 9.17) is 5.73 Å². The van der Waals surface area contributed by atoms with Gasteiger partial charge in [-0.05, 0) is 26.7 Å². The predicted molar refractivity (Wildman–Crippen MR) is 60.9 cm³/mol. The third-order valence-electron chi connectivity index (χ3n) is 2.86. The summed E-state index contributed by atoms with van der Waals surface area (Å²) in [5.74, 6) is 0. The van der Waals surface area contributed by atoms with Crippen LogP contribution in [0.3, 0.4) is 0 Å². The van der Waals surface area contributed by atoms with Crippen LogP contribution in [0.25, 0.3) is 0 Å². The van der Waals surface area contributed by atoms with E-state index in [1.54, 1.807) is 13.8 Å². The van der Waals surface area contributed by atoms with Crippen LogP contribution >= 0.6 is 0 Å². The smallest absolute Gasteiger partial charge is 0.154 e. The molecule has 0 aromatic rings. The van der Waals surface area contributed by atoms with Crippen LogP contribution in [0.15, 0.2) is 12.2 Å². The predicted octanol–water partition coefficient (Wildman–Crippen LogP) is 1.49. The molecule has 0 saturated heterocycles. The van der Waals surface area contributed by atoms with Gasteiger partial charge in [-0.2, -0.15) is 0 Å². The molecule has 0 aromatic heterocycles. The summed E-state index contributed by atoms with van der Waals surface area (Å²) >= 11 is 0. The zero-order valence-electron chi connectivity index (χ0n) is 9.50. The number of sulfone groups is 1. The Bertz CT molecular complexity index is 304. The summed E-state index contributed by atoms with van der Waals surface area (Å²) in [6.45, 7) is 9.15. The average Bonchev–Trinajstić information content (AvgIpc) is 2.01. The SMILES string of the molecule is C=C(CC)CC(N)C(C)(C)S(C)(=O)=O. The Balaban J connectivity index is 4.69. The quantitative estimate of drug-likeness (QED) is 0.713. The summed E-state index contributed by atoms with van der Waals surface area (Å²) in [5.41, 5.74) is 6.87. The molecule has 3 nitrogen and oxygen atoms in total. The topological polar surface area (TPSA) is 60.2 Å². The lowest BCUT2D eigenvalue weighted by Gasteiger charge is -2.30. The molecule has 84 valence electrons. The fourth-order valence-electron chi connectivity index (χ4n) is 0.976. The van der Waals surface area contributed by atoms with Crippen LogP contribution in [0.1, 0.15) is 33.6 Å². The van der Waals surface area contributed by atoms with E-state index in [0.717, 1.165) is 12.0 Å². The molecule has 0 amide bonds. The normalized spacial score (nSPS) is 15.2. The molecule has 0 aliphatic rings. The van der Waals surface area contributed by atoms with Crippen molar-refractivity contribution in [2.45, 2.75) is 44.4 Å². The molecule has 0 aromatic carbocycles. The molecular weight excluding hydrogens is 198 g/mol. The van der Waals surface area contributed by atoms with Gasteiger partial charge in [0.15, 0.2) is 9.84 Å². The second-order valence-corrected chi connectivity index (χ2v) is 6.89. The zero-order chi connectivity index (χ0) is 11.6. The Kier molecular flexibility index (Phi) is 4.34. The first kappa shape index (κ1) is 13.7. The molecule has 2 N–H and O–H groups in total. The van der Waals surface area contributed by atoms with Gasteiger partial charge in [0.05, 0.1) is 4.75 Å². The van der Waals surface area contributed by atoms with Gasteiger partial charge >= 0.3 is 0 Å². The van der Waals surface area contributed by atoms with Crippen LogP contribution in [0, 0.1) is 0 Å². The first-order chi connectivity index (χ1) is 6.13. The monoisotopic (exact) mass is 219 g/mol. The molecule has 4 heteroatoms. The fraction of sp³-hybridized carbons (Fsp3) is 0.800. The van der Waals surface area contributed by atoms with Crippen LogP contribution < -0.4 is 5.73 Å². The molecule has 0 fully saturated rings. The number of hydrogen-bond acceptors (Lipinski definition) is 3. The molecule has 1 atom stereocenters. The average molecular weight is 219 g/mol. The van der Waals surface area contributed by atoms with Crippen LogP contribution in [0.5, 0.6) is 0 Å². The van der Waals surface area contributed by atoms with Gasteiger partial charge < -0.3 is 5.73 Å². The maximum Gasteiger partial charge on any atom is 0.154 e. The van der Waals surface area contributed by atoms with Gasteiger partial charge in [-0.25, -0.2) is 8.42 Å². The fourth-order valence-corrected chi connectivity index (χ4v) is 1.61. The summed E-state index contributed by atoms with van der Waals surface area (Å²) < 4.78 is 22.0. The van der Waals surface area contributed by atoms with Crippen LogP contribution in [0.2, 0.25) is 0 Å². The summed E-state index contributed by atoms with van der Waals surface area (Å²) in [7, 11) is -3.12. The number of hydrogen-bond donors (Lipinski definition) is 1. The number of nitrogens with two attached hydrogens (primary N) is 1. The first-order valence-corrected chi connectivity index (χ1v) is 6.64. The summed E-state index contributed by atoms with van der Waals surface area (Å²) in [6, 6.07) is -0.384. The van der Waals surface area contributed by atoms with Crippen molar-refractivity contribution < 1.29 is 8.42 Å². The second-order valence-electron chi connectivity index (χ2n) is 4.29. The van der Waals surface area contributed by atoms with Crippen molar-refractivity contribution in [1.29, 1.82) is 0 Å². The van der Waals surface area contributed by atoms with Crippen molar-refractivity contribution >= 4 is 9.84 Å². The van der Waals surface area contributed by atoms with Gasteiger partial charge in [0.25, 0.3) is 0 Å². The van der Waals surface area contributed by atoms with Gasteiger partial charge in [-0.3, -0.25) is 0 Å². The Morgan fingerprint density at radius 2 is 1.93 bits per heavy atom. The Morgan fingerprint density at radius 3 is 2.21 bits per heavy atom. The maximum atomic E-state index is 11.5. The lowest BCUT2D eigenvalue weighted by molar-refractivity contribution is 0.479. The minimum atomic E-state index is -3.12. The lowest BCUT2D eigenvalue weighted by atomic mass is 9.96. The third kappa shape index (κ3) is 3.10. The summed E-state index contributed by atoms with van der Waals surface area (Å²) in [5, 5.41) is 0. The van der Waals surface area contributed by atoms with Gasteiger partial charge in [-0.1, -0.05) is 19.1 Å². The van der Waals surface area contributed by atoms with Gasteiger partial charge in [-0.15, -0.1) is 0 Å². The van der Waals surface area contributed by atoms with Crippen LogP contribution in [-0.2, 0) is 9.84 Å². The molecule has 0 radical (unpaired) electrons. The van der Waals surface area contributed by atoms with Crippen LogP contribution in [0.4, 0.5) is 0 Å². The molecule has 14 heavy (non-hydrogen) atoms. The van der Waals surface area contributed by atoms with Gasteiger partial charge in [0.2, 0.25) is 0 Å². The Labute approximate surface area is 87.3 Å². The molecule has 0 rings (SSSR count). The molecule has 0 heterocycles. The molecule has 0 spiro atoms. The highest BCUT2D eigenvalue weighted by atomic mass is 32.2. The Hall–Kier alpha value is -0.350.